The van der Waals surface area contributed by atoms with Crippen molar-refractivity contribution >= 4 is 11.5 Å². The highest BCUT2D eigenvalue weighted by atomic mass is 32.1. The monoisotopic (exact) mass is 253 g/mol. The minimum atomic E-state index is 0.449. The Morgan fingerprint density at radius 1 is 1.29 bits per heavy atom. The summed E-state index contributed by atoms with van der Waals surface area (Å²) in [6.45, 7) is 6.84. The number of hydrogen-bond donors (Lipinski definition) is 1. The predicted octanol–water partition coefficient (Wildman–Crippen LogP) is 3.18. The van der Waals surface area contributed by atoms with Crippen LogP contribution in [0.15, 0.2) is 0 Å². The molecule has 1 fully saturated rings. The third-order valence-electron chi connectivity index (χ3n) is 4.39. The van der Waals surface area contributed by atoms with Gasteiger partial charge in [-0.3, -0.25) is 0 Å². The summed E-state index contributed by atoms with van der Waals surface area (Å²) in [6, 6.07) is 0.449. The molecule has 0 aromatic carbocycles. The van der Waals surface area contributed by atoms with Crippen LogP contribution in [0, 0.1) is 24.7 Å². The van der Waals surface area contributed by atoms with Crippen molar-refractivity contribution in [3.8, 4) is 0 Å². The lowest BCUT2D eigenvalue weighted by molar-refractivity contribution is 0.175. The van der Waals surface area contributed by atoms with Crippen LogP contribution >= 0.6 is 11.5 Å². The fourth-order valence-electron chi connectivity index (χ4n) is 3.00. The van der Waals surface area contributed by atoms with Gasteiger partial charge >= 0.3 is 0 Å². The molecule has 1 aromatic rings. The zero-order valence-corrected chi connectivity index (χ0v) is 12.0. The molecular formula is C13H23N3S. The van der Waals surface area contributed by atoms with Gasteiger partial charge in [0.2, 0.25) is 0 Å². The molecule has 0 saturated heterocycles. The fourth-order valence-corrected chi connectivity index (χ4v) is 3.84. The first-order valence-corrected chi connectivity index (χ1v) is 7.37. The van der Waals surface area contributed by atoms with Gasteiger partial charge in [0.05, 0.1) is 10.6 Å². The highest BCUT2D eigenvalue weighted by Crippen LogP contribution is 2.40. The molecule has 0 spiro atoms. The third kappa shape index (κ3) is 2.68. The summed E-state index contributed by atoms with van der Waals surface area (Å²) in [7, 11) is 2.06. The van der Waals surface area contributed by atoms with Gasteiger partial charge < -0.3 is 5.32 Å². The molecule has 4 unspecified atom stereocenters. The Morgan fingerprint density at radius 3 is 2.59 bits per heavy atom. The van der Waals surface area contributed by atoms with Gasteiger partial charge in [0.25, 0.3) is 0 Å². The zero-order valence-electron chi connectivity index (χ0n) is 11.2. The Balaban J connectivity index is 2.12. The Labute approximate surface area is 108 Å². The van der Waals surface area contributed by atoms with Gasteiger partial charge in [-0.15, -0.1) is 5.10 Å². The third-order valence-corrected chi connectivity index (χ3v) is 5.30. The molecule has 4 atom stereocenters. The molecule has 0 bridgehead atoms. The summed E-state index contributed by atoms with van der Waals surface area (Å²) in [6.07, 6.45) is 4.01. The van der Waals surface area contributed by atoms with Crippen molar-refractivity contribution in [1.82, 2.24) is 14.9 Å². The molecule has 96 valence electrons. The highest BCUT2D eigenvalue weighted by molar-refractivity contribution is 7.05. The molecule has 2 rings (SSSR count). The Morgan fingerprint density at radius 2 is 2.06 bits per heavy atom. The van der Waals surface area contributed by atoms with Crippen LogP contribution in [0.25, 0.3) is 0 Å². The van der Waals surface area contributed by atoms with Crippen LogP contribution in [0.4, 0.5) is 0 Å². The van der Waals surface area contributed by atoms with Gasteiger partial charge in [0, 0.05) is 6.04 Å². The molecule has 0 amide bonds. The quantitative estimate of drug-likeness (QED) is 0.899. The highest BCUT2D eigenvalue weighted by Gasteiger charge is 2.31. The molecule has 1 aliphatic rings. The lowest BCUT2D eigenvalue weighted by Crippen LogP contribution is -2.31. The van der Waals surface area contributed by atoms with Crippen molar-refractivity contribution in [2.24, 2.45) is 17.8 Å². The number of aromatic nitrogens is 2. The zero-order chi connectivity index (χ0) is 12.4. The number of rotatable bonds is 3. The molecule has 1 saturated carbocycles. The molecule has 0 aliphatic heterocycles. The topological polar surface area (TPSA) is 37.8 Å². The maximum absolute atomic E-state index is 4.14. The summed E-state index contributed by atoms with van der Waals surface area (Å²) >= 11 is 1.55. The van der Waals surface area contributed by atoms with E-state index >= 15 is 0 Å². The Hall–Kier alpha value is -0.480. The average molecular weight is 253 g/mol. The summed E-state index contributed by atoms with van der Waals surface area (Å²) in [5.41, 5.74) is 1.10. The molecule has 1 aliphatic carbocycles. The number of nitrogens with zero attached hydrogens (tertiary/aromatic N) is 2. The van der Waals surface area contributed by atoms with Gasteiger partial charge in [-0.25, -0.2) is 0 Å². The van der Waals surface area contributed by atoms with Crippen molar-refractivity contribution in [3.05, 3.63) is 10.6 Å². The molecule has 17 heavy (non-hydrogen) atoms. The first-order valence-electron chi connectivity index (χ1n) is 6.59. The molecule has 3 nitrogen and oxygen atoms in total. The predicted molar refractivity (Wildman–Crippen MR) is 72.1 cm³/mol. The normalized spacial score (nSPS) is 31.4. The molecule has 1 N–H and O–H groups in total. The smallest absolute Gasteiger partial charge is 0.0772 e. The van der Waals surface area contributed by atoms with Crippen molar-refractivity contribution in [2.45, 2.75) is 46.1 Å². The van der Waals surface area contributed by atoms with Gasteiger partial charge in [-0.1, -0.05) is 24.8 Å². The maximum atomic E-state index is 4.14. The number of aryl methyl sites for hydroxylation is 1. The first kappa shape index (κ1) is 13.0. The van der Waals surface area contributed by atoms with E-state index in [-0.39, 0.29) is 0 Å². The summed E-state index contributed by atoms with van der Waals surface area (Å²) in [4.78, 5) is 1.33. The van der Waals surface area contributed by atoms with Gasteiger partial charge in [0.1, 0.15) is 0 Å². The van der Waals surface area contributed by atoms with Crippen LogP contribution in [0.2, 0.25) is 0 Å². The Bertz CT molecular complexity index is 363. The van der Waals surface area contributed by atoms with Crippen molar-refractivity contribution in [1.29, 1.82) is 0 Å². The SMILES string of the molecule is CNC(c1snnc1C)C1CCC(C)C(C)C1. The second-order valence-electron chi connectivity index (χ2n) is 5.52. The van der Waals surface area contributed by atoms with Crippen LogP contribution in [-0.2, 0) is 0 Å². The first-order chi connectivity index (χ1) is 8.13. The van der Waals surface area contributed by atoms with Gasteiger partial charge in [-0.05, 0) is 56.1 Å². The van der Waals surface area contributed by atoms with E-state index < -0.39 is 0 Å². The van der Waals surface area contributed by atoms with E-state index in [9.17, 15) is 0 Å². The van der Waals surface area contributed by atoms with Crippen molar-refractivity contribution in [2.75, 3.05) is 7.05 Å². The molecule has 1 heterocycles. The van der Waals surface area contributed by atoms with Crippen molar-refractivity contribution in [3.63, 3.8) is 0 Å². The summed E-state index contributed by atoms with van der Waals surface area (Å²) in [5.74, 6) is 2.46. The molecule has 1 aromatic heterocycles. The van der Waals surface area contributed by atoms with Gasteiger partial charge in [0.15, 0.2) is 0 Å². The van der Waals surface area contributed by atoms with E-state index in [1.165, 1.54) is 24.1 Å². The number of hydrogen-bond acceptors (Lipinski definition) is 4. The minimum absolute atomic E-state index is 0.449. The standard InChI is InChI=1S/C13H23N3S/c1-8-5-6-11(7-9(8)2)12(14-4)13-10(3)15-16-17-13/h8-9,11-12,14H,5-7H2,1-4H3. The van der Waals surface area contributed by atoms with Crippen LogP contribution in [0.5, 0.6) is 0 Å². The fraction of sp³-hybridized carbons (Fsp3) is 0.846. The van der Waals surface area contributed by atoms with E-state index in [0.29, 0.717) is 6.04 Å². The second kappa shape index (κ2) is 5.44. The summed E-state index contributed by atoms with van der Waals surface area (Å²) in [5, 5.41) is 7.62. The van der Waals surface area contributed by atoms with E-state index in [4.69, 9.17) is 0 Å². The van der Waals surface area contributed by atoms with Crippen LogP contribution in [-0.4, -0.2) is 16.6 Å². The lowest BCUT2D eigenvalue weighted by Gasteiger charge is -2.36. The van der Waals surface area contributed by atoms with Crippen molar-refractivity contribution < 1.29 is 0 Å². The van der Waals surface area contributed by atoms with Crippen LogP contribution in [0.1, 0.15) is 49.7 Å². The second-order valence-corrected chi connectivity index (χ2v) is 6.30. The molecular weight excluding hydrogens is 230 g/mol. The van der Waals surface area contributed by atoms with E-state index in [1.807, 2.05) is 0 Å². The van der Waals surface area contributed by atoms with Crippen LogP contribution in [0.3, 0.4) is 0 Å². The number of nitrogens with one attached hydrogen (secondary N) is 1. The van der Waals surface area contributed by atoms with E-state index in [1.54, 1.807) is 11.5 Å². The summed E-state index contributed by atoms with van der Waals surface area (Å²) < 4.78 is 4.07. The van der Waals surface area contributed by atoms with Gasteiger partial charge in [-0.2, -0.15) is 0 Å². The molecule has 4 heteroatoms. The maximum Gasteiger partial charge on any atom is 0.0772 e. The molecule has 0 radical (unpaired) electrons. The minimum Gasteiger partial charge on any atom is -0.312 e. The van der Waals surface area contributed by atoms with E-state index in [2.05, 4.69) is 42.7 Å². The largest absolute Gasteiger partial charge is 0.312 e. The Kier molecular flexibility index (Phi) is 4.15. The van der Waals surface area contributed by atoms with Crippen LogP contribution < -0.4 is 5.32 Å². The lowest BCUT2D eigenvalue weighted by atomic mass is 9.73. The van der Waals surface area contributed by atoms with E-state index in [0.717, 1.165) is 23.4 Å². The average Bonchev–Trinajstić information content (AvgIpc) is 2.71.